The Labute approximate surface area is 81.3 Å². The minimum atomic E-state index is -0.956. The van der Waals surface area contributed by atoms with Crippen LogP contribution in [0.25, 0.3) is 0 Å². The van der Waals surface area contributed by atoms with Crippen LogP contribution in [0.4, 0.5) is 0 Å². The number of carbonyl (C=O) groups is 1. The summed E-state index contributed by atoms with van der Waals surface area (Å²) in [7, 11) is 0.526. The van der Waals surface area contributed by atoms with Gasteiger partial charge in [0.1, 0.15) is 6.61 Å². The lowest BCUT2D eigenvalue weighted by molar-refractivity contribution is -0.120. The molecule has 0 aliphatic heterocycles. The van der Waals surface area contributed by atoms with Crippen LogP contribution in [0, 0.1) is 0 Å². The first kappa shape index (κ1) is 10.9. The monoisotopic (exact) mass is 204 g/mol. The molecule has 1 fully saturated rings. The predicted molar refractivity (Wildman–Crippen MR) is 52.1 cm³/mol. The number of Topliss-reactive ketones (excluding diaryl/α,β-unsaturated/α-hetero) is 1. The summed E-state index contributed by atoms with van der Waals surface area (Å²) < 4.78 is 16.2. The van der Waals surface area contributed by atoms with Gasteiger partial charge in [-0.15, -0.1) is 0 Å². The summed E-state index contributed by atoms with van der Waals surface area (Å²) in [6.07, 6.45) is 4.36. The lowest BCUT2D eigenvalue weighted by Crippen LogP contribution is -2.22. The molecule has 1 atom stereocenters. The van der Waals surface area contributed by atoms with Crippen molar-refractivity contribution in [2.24, 2.45) is 0 Å². The van der Waals surface area contributed by atoms with Crippen molar-refractivity contribution in [1.29, 1.82) is 0 Å². The second-order valence-corrected chi connectivity index (χ2v) is 5.12. The number of ketones is 1. The van der Waals surface area contributed by atoms with Crippen molar-refractivity contribution in [3.8, 4) is 0 Å². The van der Waals surface area contributed by atoms with Crippen molar-refractivity contribution >= 4 is 16.6 Å². The summed E-state index contributed by atoms with van der Waals surface area (Å²) in [5.74, 6) is 0.131. The third kappa shape index (κ3) is 3.56. The Bertz CT molecular complexity index is 197. The summed E-state index contributed by atoms with van der Waals surface area (Å²) in [5, 5.41) is 0.265. The average molecular weight is 204 g/mol. The fourth-order valence-electron chi connectivity index (χ4n) is 1.63. The molecule has 0 saturated heterocycles. The van der Waals surface area contributed by atoms with E-state index in [-0.39, 0.29) is 23.4 Å². The Morgan fingerprint density at radius 2 is 2.08 bits per heavy atom. The molecule has 13 heavy (non-hydrogen) atoms. The molecule has 1 aliphatic carbocycles. The van der Waals surface area contributed by atoms with Crippen molar-refractivity contribution in [3.63, 3.8) is 0 Å². The van der Waals surface area contributed by atoms with Gasteiger partial charge in [-0.3, -0.25) is 9.00 Å². The SMILES string of the molecule is COCC(=O)CS(=O)C1CCCC1. The Hall–Kier alpha value is -0.220. The van der Waals surface area contributed by atoms with Crippen molar-refractivity contribution in [2.75, 3.05) is 19.5 Å². The van der Waals surface area contributed by atoms with E-state index in [1.54, 1.807) is 0 Å². The van der Waals surface area contributed by atoms with E-state index >= 15 is 0 Å². The van der Waals surface area contributed by atoms with Crippen LogP contribution < -0.4 is 0 Å². The molecule has 4 heteroatoms. The van der Waals surface area contributed by atoms with Gasteiger partial charge in [0, 0.05) is 23.2 Å². The summed E-state index contributed by atoms with van der Waals surface area (Å²) in [5.41, 5.74) is 0. The third-order valence-corrected chi connectivity index (χ3v) is 4.10. The van der Waals surface area contributed by atoms with Crippen LogP contribution in [-0.2, 0) is 20.3 Å². The van der Waals surface area contributed by atoms with Gasteiger partial charge in [-0.2, -0.15) is 0 Å². The Morgan fingerprint density at radius 1 is 1.46 bits per heavy atom. The Morgan fingerprint density at radius 3 is 2.62 bits per heavy atom. The molecule has 0 bridgehead atoms. The van der Waals surface area contributed by atoms with Crippen molar-refractivity contribution in [2.45, 2.75) is 30.9 Å². The number of ether oxygens (including phenoxy) is 1. The molecule has 3 nitrogen and oxygen atoms in total. The molecule has 0 aromatic rings. The highest BCUT2D eigenvalue weighted by Gasteiger charge is 2.22. The molecule has 0 radical (unpaired) electrons. The van der Waals surface area contributed by atoms with Crippen LogP contribution in [0.2, 0.25) is 0 Å². The van der Waals surface area contributed by atoms with E-state index in [2.05, 4.69) is 4.74 Å². The minimum absolute atomic E-state index is 0.0484. The first-order valence-corrected chi connectivity index (χ1v) is 6.00. The minimum Gasteiger partial charge on any atom is -0.377 e. The van der Waals surface area contributed by atoms with Crippen LogP contribution in [0.15, 0.2) is 0 Å². The molecule has 1 unspecified atom stereocenters. The van der Waals surface area contributed by atoms with Gasteiger partial charge < -0.3 is 4.74 Å². The van der Waals surface area contributed by atoms with E-state index in [9.17, 15) is 9.00 Å². The molecule has 0 aromatic heterocycles. The first-order chi connectivity index (χ1) is 6.24. The second-order valence-electron chi connectivity index (χ2n) is 3.40. The summed E-state index contributed by atoms with van der Waals surface area (Å²) in [6.45, 7) is 0.0957. The second kappa shape index (κ2) is 5.50. The number of methoxy groups -OCH3 is 1. The maximum absolute atomic E-state index is 11.6. The first-order valence-electron chi connectivity index (χ1n) is 4.62. The third-order valence-electron chi connectivity index (χ3n) is 2.28. The van der Waals surface area contributed by atoms with Gasteiger partial charge in [0.2, 0.25) is 0 Å². The fourth-order valence-corrected chi connectivity index (χ4v) is 3.13. The molecular weight excluding hydrogens is 188 g/mol. The Kier molecular flexibility index (Phi) is 4.59. The van der Waals surface area contributed by atoms with E-state index in [0.717, 1.165) is 25.7 Å². The average Bonchev–Trinajstić information content (AvgIpc) is 2.55. The largest absolute Gasteiger partial charge is 0.377 e. The van der Waals surface area contributed by atoms with E-state index in [0.29, 0.717) is 0 Å². The zero-order chi connectivity index (χ0) is 9.68. The Balaban J connectivity index is 2.27. The lowest BCUT2D eigenvalue weighted by atomic mass is 10.4. The number of hydrogen-bond donors (Lipinski definition) is 0. The fraction of sp³-hybridized carbons (Fsp3) is 0.889. The number of rotatable bonds is 5. The molecule has 1 saturated carbocycles. The predicted octanol–water partition coefficient (Wildman–Crippen LogP) is 0.893. The van der Waals surface area contributed by atoms with Gasteiger partial charge in [-0.1, -0.05) is 12.8 Å². The zero-order valence-corrected chi connectivity index (χ0v) is 8.77. The van der Waals surface area contributed by atoms with Crippen molar-refractivity contribution < 1.29 is 13.7 Å². The van der Waals surface area contributed by atoms with Gasteiger partial charge >= 0.3 is 0 Å². The van der Waals surface area contributed by atoms with Crippen LogP contribution in [0.5, 0.6) is 0 Å². The van der Waals surface area contributed by atoms with Crippen LogP contribution in [-0.4, -0.2) is 34.7 Å². The van der Waals surface area contributed by atoms with Gasteiger partial charge in [0.15, 0.2) is 5.78 Å². The highest BCUT2D eigenvalue weighted by Crippen LogP contribution is 2.22. The van der Waals surface area contributed by atoms with E-state index in [4.69, 9.17) is 0 Å². The van der Waals surface area contributed by atoms with Crippen molar-refractivity contribution in [1.82, 2.24) is 0 Å². The van der Waals surface area contributed by atoms with Crippen LogP contribution >= 0.6 is 0 Å². The van der Waals surface area contributed by atoms with E-state index in [1.807, 2.05) is 0 Å². The van der Waals surface area contributed by atoms with Gasteiger partial charge in [0.25, 0.3) is 0 Å². The molecule has 0 N–H and O–H groups in total. The highest BCUT2D eigenvalue weighted by atomic mass is 32.2. The normalized spacial score (nSPS) is 20.4. The quantitative estimate of drug-likeness (QED) is 0.668. The maximum Gasteiger partial charge on any atom is 0.170 e. The van der Waals surface area contributed by atoms with Crippen LogP contribution in [0.1, 0.15) is 25.7 Å². The molecule has 0 heterocycles. The number of hydrogen-bond acceptors (Lipinski definition) is 3. The summed E-state index contributed by atoms with van der Waals surface area (Å²) in [6, 6.07) is 0. The van der Waals surface area contributed by atoms with E-state index in [1.165, 1.54) is 7.11 Å². The molecular formula is C9H16O3S. The molecule has 0 aromatic carbocycles. The summed E-state index contributed by atoms with van der Waals surface area (Å²) in [4.78, 5) is 11.1. The zero-order valence-electron chi connectivity index (χ0n) is 7.95. The van der Waals surface area contributed by atoms with Gasteiger partial charge in [-0.25, -0.2) is 0 Å². The molecule has 1 aliphatic rings. The van der Waals surface area contributed by atoms with Crippen molar-refractivity contribution in [3.05, 3.63) is 0 Å². The van der Waals surface area contributed by atoms with E-state index < -0.39 is 10.8 Å². The molecule has 76 valence electrons. The standard InChI is InChI=1S/C9H16O3S/c1-12-6-8(10)7-13(11)9-4-2-3-5-9/h9H,2-7H2,1H3. The van der Waals surface area contributed by atoms with Gasteiger partial charge in [-0.05, 0) is 12.8 Å². The topological polar surface area (TPSA) is 43.4 Å². The number of carbonyl (C=O) groups excluding carboxylic acids is 1. The highest BCUT2D eigenvalue weighted by molar-refractivity contribution is 7.86. The molecule has 0 amide bonds. The smallest absolute Gasteiger partial charge is 0.170 e. The lowest BCUT2D eigenvalue weighted by Gasteiger charge is -2.07. The van der Waals surface area contributed by atoms with Gasteiger partial charge in [0.05, 0.1) is 5.75 Å². The maximum atomic E-state index is 11.6. The molecule has 1 rings (SSSR count). The molecule has 0 spiro atoms. The summed E-state index contributed by atoms with van der Waals surface area (Å²) >= 11 is 0. The van der Waals surface area contributed by atoms with Crippen LogP contribution in [0.3, 0.4) is 0 Å².